The lowest BCUT2D eigenvalue weighted by Crippen LogP contribution is -2.30. The molecule has 0 aromatic carbocycles. The van der Waals surface area contributed by atoms with Gasteiger partial charge in [0.2, 0.25) is 0 Å². The Balaban J connectivity index is 1.85. The van der Waals surface area contributed by atoms with Crippen LogP contribution in [-0.2, 0) is 7.05 Å². The van der Waals surface area contributed by atoms with Crippen molar-refractivity contribution in [1.29, 1.82) is 0 Å². The normalized spacial score (nSPS) is 20.2. The van der Waals surface area contributed by atoms with E-state index in [-0.39, 0.29) is 6.04 Å². The molecule has 1 aliphatic carbocycles. The second-order valence-electron chi connectivity index (χ2n) is 4.77. The number of rotatable bonds is 5. The zero-order valence-corrected chi connectivity index (χ0v) is 9.77. The lowest BCUT2D eigenvalue weighted by atomic mass is 10.1. The van der Waals surface area contributed by atoms with Crippen molar-refractivity contribution >= 4 is 0 Å². The minimum Gasteiger partial charge on any atom is -0.319 e. The van der Waals surface area contributed by atoms with Crippen molar-refractivity contribution in [2.75, 3.05) is 0 Å². The highest BCUT2D eigenvalue weighted by molar-refractivity contribution is 4.93. The van der Waals surface area contributed by atoms with E-state index < -0.39 is 0 Å². The van der Waals surface area contributed by atoms with Crippen molar-refractivity contribution in [3.8, 4) is 0 Å². The van der Waals surface area contributed by atoms with Crippen LogP contribution in [-0.4, -0.2) is 20.8 Å². The van der Waals surface area contributed by atoms with Crippen LogP contribution in [0.5, 0.6) is 0 Å². The third-order valence-electron chi connectivity index (χ3n) is 3.05. The number of nitrogens with one attached hydrogen (secondary N) is 1. The van der Waals surface area contributed by atoms with Crippen molar-refractivity contribution < 1.29 is 0 Å². The lowest BCUT2D eigenvalue weighted by molar-refractivity contribution is 0.421. The molecule has 1 aromatic rings. The van der Waals surface area contributed by atoms with Gasteiger partial charge in [-0.1, -0.05) is 12.8 Å². The van der Waals surface area contributed by atoms with Crippen LogP contribution in [0.4, 0.5) is 0 Å². The van der Waals surface area contributed by atoms with Crippen LogP contribution in [0.15, 0.2) is 6.33 Å². The van der Waals surface area contributed by atoms with Gasteiger partial charge in [0, 0.05) is 13.1 Å². The molecule has 0 spiro atoms. The highest BCUT2D eigenvalue weighted by Crippen LogP contribution is 2.33. The van der Waals surface area contributed by atoms with Gasteiger partial charge < -0.3 is 9.88 Å². The number of hydrogen-bond donors (Lipinski definition) is 1. The van der Waals surface area contributed by atoms with Crippen LogP contribution in [0.25, 0.3) is 0 Å². The molecule has 2 atom stereocenters. The Morgan fingerprint density at radius 3 is 2.80 bits per heavy atom. The Morgan fingerprint density at radius 2 is 2.27 bits per heavy atom. The van der Waals surface area contributed by atoms with Gasteiger partial charge in [-0.15, -0.1) is 10.2 Å². The molecule has 84 valence electrons. The topological polar surface area (TPSA) is 42.7 Å². The van der Waals surface area contributed by atoms with Gasteiger partial charge in [0.1, 0.15) is 12.2 Å². The summed E-state index contributed by atoms with van der Waals surface area (Å²) in [5, 5.41) is 11.6. The number of nitrogens with zero attached hydrogens (tertiary/aromatic N) is 3. The Bertz CT molecular complexity index is 316. The maximum absolute atomic E-state index is 4.11. The largest absolute Gasteiger partial charge is 0.319 e. The van der Waals surface area contributed by atoms with E-state index in [9.17, 15) is 0 Å². The smallest absolute Gasteiger partial charge is 0.149 e. The van der Waals surface area contributed by atoms with Gasteiger partial charge in [-0.3, -0.25) is 0 Å². The standard InChI is InChI=1S/C11H20N4/c1-8(6-10-4-5-10)13-9(2)11-14-12-7-15(11)3/h7-10,13H,4-6H2,1-3H3. The van der Waals surface area contributed by atoms with Gasteiger partial charge in [-0.2, -0.15) is 0 Å². The Kier molecular flexibility index (Phi) is 3.05. The van der Waals surface area contributed by atoms with E-state index in [1.165, 1.54) is 19.3 Å². The summed E-state index contributed by atoms with van der Waals surface area (Å²) in [5.74, 6) is 1.98. The first kappa shape index (κ1) is 10.6. The number of aromatic nitrogens is 3. The molecule has 1 N–H and O–H groups in total. The molecule has 2 rings (SSSR count). The first-order chi connectivity index (χ1) is 7.16. The summed E-state index contributed by atoms with van der Waals surface area (Å²) in [6, 6.07) is 0.857. The van der Waals surface area contributed by atoms with Crippen LogP contribution in [0.2, 0.25) is 0 Å². The minimum absolute atomic E-state index is 0.284. The summed E-state index contributed by atoms with van der Waals surface area (Å²) in [6.45, 7) is 4.40. The van der Waals surface area contributed by atoms with Gasteiger partial charge in [-0.05, 0) is 26.2 Å². The first-order valence-electron chi connectivity index (χ1n) is 5.76. The van der Waals surface area contributed by atoms with E-state index in [2.05, 4.69) is 29.4 Å². The van der Waals surface area contributed by atoms with Crippen molar-refractivity contribution in [2.24, 2.45) is 13.0 Å². The summed E-state index contributed by atoms with van der Waals surface area (Å²) in [5.41, 5.74) is 0. The fourth-order valence-electron chi connectivity index (χ4n) is 2.11. The molecule has 4 heteroatoms. The molecule has 0 amide bonds. The molecule has 4 nitrogen and oxygen atoms in total. The molecule has 2 unspecified atom stereocenters. The van der Waals surface area contributed by atoms with Gasteiger partial charge in [0.25, 0.3) is 0 Å². The molecule has 1 fully saturated rings. The summed E-state index contributed by atoms with van der Waals surface area (Å²) < 4.78 is 1.97. The zero-order valence-electron chi connectivity index (χ0n) is 9.77. The SMILES string of the molecule is CC(CC1CC1)NC(C)c1nncn1C. The van der Waals surface area contributed by atoms with E-state index in [1.807, 2.05) is 11.6 Å². The second kappa shape index (κ2) is 4.31. The average molecular weight is 208 g/mol. The van der Waals surface area contributed by atoms with E-state index in [4.69, 9.17) is 0 Å². The van der Waals surface area contributed by atoms with E-state index in [1.54, 1.807) is 6.33 Å². The van der Waals surface area contributed by atoms with Gasteiger partial charge in [0.15, 0.2) is 0 Å². The summed E-state index contributed by atoms with van der Waals surface area (Å²) >= 11 is 0. The molecule has 1 aromatic heterocycles. The van der Waals surface area contributed by atoms with Crippen molar-refractivity contribution in [3.05, 3.63) is 12.2 Å². The number of hydrogen-bond acceptors (Lipinski definition) is 3. The van der Waals surface area contributed by atoms with Gasteiger partial charge >= 0.3 is 0 Å². The molecule has 1 aliphatic rings. The highest BCUT2D eigenvalue weighted by Gasteiger charge is 2.24. The molecule has 1 heterocycles. The van der Waals surface area contributed by atoms with Crippen molar-refractivity contribution in [3.63, 3.8) is 0 Å². The predicted octanol–water partition coefficient (Wildman–Crippen LogP) is 1.65. The molecular weight excluding hydrogens is 188 g/mol. The molecule has 0 radical (unpaired) electrons. The zero-order chi connectivity index (χ0) is 10.8. The summed E-state index contributed by atoms with van der Waals surface area (Å²) in [6.07, 6.45) is 5.88. The van der Waals surface area contributed by atoms with Crippen LogP contribution in [0.3, 0.4) is 0 Å². The summed E-state index contributed by atoms with van der Waals surface area (Å²) in [4.78, 5) is 0. The maximum Gasteiger partial charge on any atom is 0.149 e. The van der Waals surface area contributed by atoms with Gasteiger partial charge in [-0.25, -0.2) is 0 Å². The monoisotopic (exact) mass is 208 g/mol. The Labute approximate surface area is 91.1 Å². The van der Waals surface area contributed by atoms with Crippen molar-refractivity contribution in [1.82, 2.24) is 20.1 Å². The maximum atomic E-state index is 4.11. The minimum atomic E-state index is 0.284. The summed E-state index contributed by atoms with van der Waals surface area (Å²) in [7, 11) is 1.99. The number of aryl methyl sites for hydroxylation is 1. The molecule has 15 heavy (non-hydrogen) atoms. The first-order valence-corrected chi connectivity index (χ1v) is 5.76. The van der Waals surface area contributed by atoms with E-state index in [0.29, 0.717) is 6.04 Å². The average Bonchev–Trinajstić information content (AvgIpc) is 2.85. The fraction of sp³-hybridized carbons (Fsp3) is 0.818. The van der Waals surface area contributed by atoms with Crippen LogP contribution < -0.4 is 5.32 Å². The van der Waals surface area contributed by atoms with Gasteiger partial charge in [0.05, 0.1) is 6.04 Å². The lowest BCUT2D eigenvalue weighted by Gasteiger charge is -2.19. The van der Waals surface area contributed by atoms with E-state index in [0.717, 1.165) is 11.7 Å². The quantitative estimate of drug-likeness (QED) is 0.800. The van der Waals surface area contributed by atoms with Crippen molar-refractivity contribution in [2.45, 2.75) is 45.2 Å². The van der Waals surface area contributed by atoms with Crippen LogP contribution in [0, 0.1) is 5.92 Å². The highest BCUT2D eigenvalue weighted by atomic mass is 15.3. The molecule has 1 saturated carbocycles. The third-order valence-corrected chi connectivity index (χ3v) is 3.05. The second-order valence-corrected chi connectivity index (χ2v) is 4.77. The van der Waals surface area contributed by atoms with E-state index >= 15 is 0 Å². The molecular formula is C11H20N4. The fourth-order valence-corrected chi connectivity index (χ4v) is 2.11. The molecule has 0 saturated heterocycles. The van der Waals surface area contributed by atoms with Crippen LogP contribution in [0.1, 0.15) is 45.0 Å². The Morgan fingerprint density at radius 1 is 1.53 bits per heavy atom. The molecule has 0 bridgehead atoms. The predicted molar refractivity (Wildman–Crippen MR) is 59.4 cm³/mol. The third kappa shape index (κ3) is 2.78. The molecule has 0 aliphatic heterocycles. The Hall–Kier alpha value is -0.900. The van der Waals surface area contributed by atoms with Crippen LogP contribution >= 0.6 is 0 Å².